The fourth-order valence-corrected chi connectivity index (χ4v) is 1.57. The highest BCUT2D eigenvalue weighted by molar-refractivity contribution is 6.27. The highest BCUT2D eigenvalue weighted by Crippen LogP contribution is 2.21. The summed E-state index contributed by atoms with van der Waals surface area (Å²) < 4.78 is 0. The molecule has 1 saturated heterocycles. The van der Waals surface area contributed by atoms with Crippen LogP contribution in [0.5, 0.6) is 0 Å². The Morgan fingerprint density at radius 2 is 1.75 bits per heavy atom. The van der Waals surface area contributed by atoms with Gasteiger partial charge in [0.1, 0.15) is 5.70 Å². The summed E-state index contributed by atoms with van der Waals surface area (Å²) in [5, 5.41) is 2.57. The number of hydrogen-bond donors (Lipinski definition) is 1. The van der Waals surface area contributed by atoms with E-state index in [9.17, 15) is 9.59 Å². The van der Waals surface area contributed by atoms with Gasteiger partial charge in [0.25, 0.3) is 5.91 Å². The van der Waals surface area contributed by atoms with Crippen LogP contribution in [0.4, 0.5) is 10.5 Å². The van der Waals surface area contributed by atoms with Crippen molar-refractivity contribution in [2.45, 2.75) is 13.8 Å². The molecule has 1 aromatic rings. The van der Waals surface area contributed by atoms with E-state index in [0.29, 0.717) is 11.4 Å². The number of para-hydroxylation sites is 1. The Bertz CT molecular complexity index is 473. The molecule has 1 fully saturated rings. The zero-order chi connectivity index (χ0) is 11.7. The van der Waals surface area contributed by atoms with Gasteiger partial charge in [0.05, 0.1) is 5.69 Å². The van der Waals surface area contributed by atoms with Gasteiger partial charge in [-0.3, -0.25) is 4.79 Å². The normalized spacial score (nSPS) is 15.4. The number of benzene rings is 1. The van der Waals surface area contributed by atoms with Gasteiger partial charge in [-0.25, -0.2) is 9.69 Å². The average Bonchev–Trinajstić information content (AvgIpc) is 2.56. The first-order chi connectivity index (χ1) is 7.61. The van der Waals surface area contributed by atoms with Crippen molar-refractivity contribution in [2.24, 2.45) is 0 Å². The Hall–Kier alpha value is -2.10. The molecule has 0 spiro atoms. The number of amides is 3. The lowest BCUT2D eigenvalue weighted by Gasteiger charge is -2.10. The first kappa shape index (κ1) is 10.4. The van der Waals surface area contributed by atoms with Crippen LogP contribution in [0.1, 0.15) is 13.8 Å². The zero-order valence-corrected chi connectivity index (χ0v) is 9.15. The quantitative estimate of drug-likeness (QED) is 0.577. The van der Waals surface area contributed by atoms with Crippen LogP contribution in [-0.4, -0.2) is 11.9 Å². The van der Waals surface area contributed by atoms with Crippen molar-refractivity contribution in [3.63, 3.8) is 0 Å². The molecule has 1 aromatic carbocycles. The van der Waals surface area contributed by atoms with Crippen LogP contribution in [0.15, 0.2) is 41.6 Å². The number of urea groups is 1. The molecule has 16 heavy (non-hydrogen) atoms. The van der Waals surface area contributed by atoms with Gasteiger partial charge in [0, 0.05) is 0 Å². The van der Waals surface area contributed by atoms with E-state index >= 15 is 0 Å². The Balaban J connectivity index is 2.42. The fraction of sp³-hybridized carbons (Fsp3) is 0.167. The number of hydrogen-bond acceptors (Lipinski definition) is 2. The van der Waals surface area contributed by atoms with Crippen LogP contribution in [0.25, 0.3) is 0 Å². The van der Waals surface area contributed by atoms with E-state index in [-0.39, 0.29) is 5.91 Å². The van der Waals surface area contributed by atoms with E-state index in [2.05, 4.69) is 5.32 Å². The van der Waals surface area contributed by atoms with Gasteiger partial charge < -0.3 is 5.32 Å². The molecule has 3 amide bonds. The molecule has 0 unspecified atom stereocenters. The summed E-state index contributed by atoms with van der Waals surface area (Å²) in [6.45, 7) is 3.59. The van der Waals surface area contributed by atoms with Gasteiger partial charge in [-0.05, 0) is 31.6 Å². The summed E-state index contributed by atoms with van der Waals surface area (Å²) in [6.07, 6.45) is 0. The highest BCUT2D eigenvalue weighted by Gasteiger charge is 2.35. The third-order valence-electron chi connectivity index (χ3n) is 2.37. The third-order valence-corrected chi connectivity index (χ3v) is 2.37. The lowest BCUT2D eigenvalue weighted by atomic mass is 10.2. The van der Waals surface area contributed by atoms with Crippen molar-refractivity contribution in [1.29, 1.82) is 0 Å². The van der Waals surface area contributed by atoms with Crippen molar-refractivity contribution < 1.29 is 9.59 Å². The number of imide groups is 1. The van der Waals surface area contributed by atoms with Gasteiger partial charge in [0.2, 0.25) is 0 Å². The number of anilines is 1. The van der Waals surface area contributed by atoms with Crippen LogP contribution in [0.3, 0.4) is 0 Å². The third kappa shape index (κ3) is 1.58. The number of rotatable bonds is 1. The summed E-state index contributed by atoms with van der Waals surface area (Å²) in [7, 11) is 0. The van der Waals surface area contributed by atoms with Crippen molar-refractivity contribution >= 4 is 17.6 Å². The lowest BCUT2D eigenvalue weighted by molar-refractivity contribution is -0.114. The van der Waals surface area contributed by atoms with Crippen molar-refractivity contribution in [3.05, 3.63) is 41.6 Å². The van der Waals surface area contributed by atoms with E-state index in [0.717, 1.165) is 10.5 Å². The van der Waals surface area contributed by atoms with Crippen LogP contribution in [0, 0.1) is 0 Å². The molecule has 1 aliphatic heterocycles. The van der Waals surface area contributed by atoms with E-state index in [1.54, 1.807) is 38.1 Å². The van der Waals surface area contributed by atoms with Crippen LogP contribution < -0.4 is 10.2 Å². The molecule has 4 nitrogen and oxygen atoms in total. The highest BCUT2D eigenvalue weighted by atomic mass is 16.2. The largest absolute Gasteiger partial charge is 0.333 e. The summed E-state index contributed by atoms with van der Waals surface area (Å²) >= 11 is 0. The van der Waals surface area contributed by atoms with E-state index in [1.807, 2.05) is 6.07 Å². The smallest absolute Gasteiger partial charge is 0.302 e. The standard InChI is InChI=1S/C12H12N2O2/c1-8(2)10-11(15)14(12(16)13-10)9-6-4-3-5-7-9/h3-7H,1-2H3,(H,13,16). The minimum atomic E-state index is -0.396. The molecule has 0 atom stereocenters. The topological polar surface area (TPSA) is 49.4 Å². The molecule has 0 saturated carbocycles. The number of carbonyl (C=O) groups is 2. The summed E-state index contributed by atoms with van der Waals surface area (Å²) in [5.41, 5.74) is 1.76. The average molecular weight is 216 g/mol. The van der Waals surface area contributed by atoms with Crippen LogP contribution in [-0.2, 0) is 4.79 Å². The maximum Gasteiger partial charge on any atom is 0.333 e. The first-order valence-corrected chi connectivity index (χ1v) is 4.99. The predicted octanol–water partition coefficient (Wildman–Crippen LogP) is 2.04. The summed E-state index contributed by atoms with van der Waals surface area (Å²) in [6, 6.07) is 8.47. The van der Waals surface area contributed by atoms with Gasteiger partial charge >= 0.3 is 6.03 Å². The number of allylic oxidation sites excluding steroid dienone is 1. The molecule has 1 N–H and O–H groups in total. The second-order valence-electron chi connectivity index (χ2n) is 3.78. The Morgan fingerprint density at radius 1 is 1.12 bits per heavy atom. The molecule has 0 aliphatic carbocycles. The predicted molar refractivity (Wildman–Crippen MR) is 60.8 cm³/mol. The molecule has 1 aliphatic rings. The first-order valence-electron chi connectivity index (χ1n) is 4.99. The minimum absolute atomic E-state index is 0.295. The minimum Gasteiger partial charge on any atom is -0.302 e. The number of nitrogens with zero attached hydrogens (tertiary/aromatic N) is 1. The second-order valence-corrected chi connectivity index (χ2v) is 3.78. The zero-order valence-electron chi connectivity index (χ0n) is 9.15. The fourth-order valence-electron chi connectivity index (χ4n) is 1.57. The molecule has 2 rings (SSSR count). The Labute approximate surface area is 93.6 Å². The monoisotopic (exact) mass is 216 g/mol. The van der Waals surface area contributed by atoms with E-state index in [4.69, 9.17) is 0 Å². The number of carbonyl (C=O) groups excluding carboxylic acids is 2. The molecule has 0 radical (unpaired) electrons. The maximum absolute atomic E-state index is 11.9. The van der Waals surface area contributed by atoms with Crippen LogP contribution >= 0.6 is 0 Å². The summed E-state index contributed by atoms with van der Waals surface area (Å²) in [5.74, 6) is -0.295. The molecule has 1 heterocycles. The number of nitrogens with one attached hydrogen (secondary N) is 1. The molecule has 4 heteroatoms. The maximum atomic E-state index is 11.9. The summed E-state index contributed by atoms with van der Waals surface area (Å²) in [4.78, 5) is 24.7. The molecular formula is C12H12N2O2. The van der Waals surface area contributed by atoms with Gasteiger partial charge in [0.15, 0.2) is 0 Å². The van der Waals surface area contributed by atoms with Crippen LogP contribution in [0.2, 0.25) is 0 Å². The molecule has 82 valence electrons. The van der Waals surface area contributed by atoms with E-state index < -0.39 is 6.03 Å². The lowest BCUT2D eigenvalue weighted by Crippen LogP contribution is -2.30. The van der Waals surface area contributed by atoms with Crippen molar-refractivity contribution in [3.8, 4) is 0 Å². The molecule has 0 bridgehead atoms. The van der Waals surface area contributed by atoms with E-state index in [1.165, 1.54) is 0 Å². The van der Waals surface area contributed by atoms with Crippen molar-refractivity contribution in [1.82, 2.24) is 5.32 Å². The van der Waals surface area contributed by atoms with Gasteiger partial charge in [-0.15, -0.1) is 0 Å². The Kier molecular flexibility index (Phi) is 2.48. The molecule has 0 aromatic heterocycles. The Morgan fingerprint density at radius 3 is 2.25 bits per heavy atom. The van der Waals surface area contributed by atoms with Crippen molar-refractivity contribution in [2.75, 3.05) is 4.90 Å². The second kappa shape index (κ2) is 3.81. The van der Waals surface area contributed by atoms with Gasteiger partial charge in [-0.2, -0.15) is 0 Å². The molecular weight excluding hydrogens is 204 g/mol. The van der Waals surface area contributed by atoms with Gasteiger partial charge in [-0.1, -0.05) is 18.2 Å². The SMILES string of the molecule is CC(C)=C1NC(=O)N(c2ccccc2)C1=O.